The van der Waals surface area contributed by atoms with Gasteiger partial charge in [0.15, 0.2) is 12.6 Å². The van der Waals surface area contributed by atoms with Gasteiger partial charge in [0.1, 0.15) is 0 Å². The standard InChI is InChI=1S/C12H11INO/c13-7-10-8-14-11-4-2-1-3-9(11)5-6-12(14)15-10/h1-6,10H,7-8H2/q+1. The molecule has 2 heterocycles. The molecule has 2 nitrogen and oxygen atoms in total. The number of fused-ring (bicyclic) bond motifs is 3. The van der Waals surface area contributed by atoms with Gasteiger partial charge in [-0.05, 0) is 12.1 Å². The lowest BCUT2D eigenvalue weighted by atomic mass is 10.2. The fourth-order valence-corrected chi connectivity index (χ4v) is 2.49. The van der Waals surface area contributed by atoms with Crippen molar-refractivity contribution in [3.05, 3.63) is 36.4 Å². The monoisotopic (exact) mass is 312 g/mol. The lowest BCUT2D eigenvalue weighted by Gasteiger charge is -1.97. The largest absolute Gasteiger partial charge is 0.433 e. The van der Waals surface area contributed by atoms with Crippen LogP contribution in [0.15, 0.2) is 36.4 Å². The third-order valence-corrected chi connectivity index (χ3v) is 3.73. The quantitative estimate of drug-likeness (QED) is 0.447. The van der Waals surface area contributed by atoms with Crippen LogP contribution in [0.5, 0.6) is 5.88 Å². The van der Waals surface area contributed by atoms with Crippen molar-refractivity contribution in [2.75, 3.05) is 4.43 Å². The van der Waals surface area contributed by atoms with Crippen molar-refractivity contribution >= 4 is 33.5 Å². The molecule has 0 aliphatic carbocycles. The second-order valence-corrected chi connectivity index (χ2v) is 4.62. The summed E-state index contributed by atoms with van der Waals surface area (Å²) in [6, 6.07) is 12.6. The fourth-order valence-electron chi connectivity index (χ4n) is 2.03. The van der Waals surface area contributed by atoms with E-state index in [2.05, 4.69) is 63.6 Å². The van der Waals surface area contributed by atoms with E-state index in [1.54, 1.807) is 0 Å². The summed E-state index contributed by atoms with van der Waals surface area (Å²) in [6.07, 6.45) is 0.330. The molecule has 0 radical (unpaired) electrons. The van der Waals surface area contributed by atoms with Gasteiger partial charge in [0.25, 0.3) is 0 Å². The number of hydrogen-bond acceptors (Lipinski definition) is 1. The molecule has 0 amide bonds. The summed E-state index contributed by atoms with van der Waals surface area (Å²) in [6.45, 7) is 0.972. The first kappa shape index (κ1) is 9.39. The molecule has 1 unspecified atom stereocenters. The van der Waals surface area contributed by atoms with Gasteiger partial charge >= 0.3 is 5.88 Å². The van der Waals surface area contributed by atoms with Crippen LogP contribution < -0.4 is 9.30 Å². The van der Waals surface area contributed by atoms with E-state index in [0.717, 1.165) is 16.9 Å². The highest BCUT2D eigenvalue weighted by Gasteiger charge is 2.30. The lowest BCUT2D eigenvalue weighted by molar-refractivity contribution is -0.655. The van der Waals surface area contributed by atoms with Gasteiger partial charge in [-0.3, -0.25) is 0 Å². The number of rotatable bonds is 1. The second kappa shape index (κ2) is 3.63. The Hall–Kier alpha value is -0.840. The fraction of sp³-hybridized carbons (Fsp3) is 0.250. The van der Waals surface area contributed by atoms with Crippen LogP contribution in [0, 0.1) is 0 Å². The van der Waals surface area contributed by atoms with Crippen LogP contribution in [-0.4, -0.2) is 10.5 Å². The van der Waals surface area contributed by atoms with Gasteiger partial charge in [0, 0.05) is 15.9 Å². The topological polar surface area (TPSA) is 13.1 Å². The van der Waals surface area contributed by atoms with E-state index in [0.29, 0.717) is 6.10 Å². The van der Waals surface area contributed by atoms with Crippen LogP contribution in [0.1, 0.15) is 0 Å². The SMILES string of the molecule is ICC1C[n+]2c(ccc3ccccc32)O1. The molecule has 1 aromatic heterocycles. The van der Waals surface area contributed by atoms with Gasteiger partial charge in [-0.1, -0.05) is 34.7 Å². The first-order valence-electron chi connectivity index (χ1n) is 5.03. The van der Waals surface area contributed by atoms with Crippen molar-refractivity contribution in [1.82, 2.24) is 0 Å². The highest BCUT2D eigenvalue weighted by molar-refractivity contribution is 14.1. The number of pyridine rings is 1. The third kappa shape index (κ3) is 1.49. The van der Waals surface area contributed by atoms with Gasteiger partial charge < -0.3 is 4.74 Å². The van der Waals surface area contributed by atoms with Gasteiger partial charge in [-0.25, -0.2) is 0 Å². The maximum absolute atomic E-state index is 5.82. The number of ether oxygens (including phenoxy) is 1. The van der Waals surface area contributed by atoms with Crippen molar-refractivity contribution in [3.63, 3.8) is 0 Å². The molecule has 0 saturated carbocycles. The minimum absolute atomic E-state index is 0.330. The van der Waals surface area contributed by atoms with E-state index < -0.39 is 0 Å². The Bertz CT molecular complexity index is 512. The number of aromatic nitrogens is 1. The Kier molecular flexibility index (Phi) is 2.27. The number of nitrogens with zero attached hydrogens (tertiary/aromatic N) is 1. The first-order chi connectivity index (χ1) is 7.38. The van der Waals surface area contributed by atoms with Gasteiger partial charge in [0.05, 0.1) is 6.07 Å². The Morgan fingerprint density at radius 3 is 3.00 bits per heavy atom. The van der Waals surface area contributed by atoms with Crippen molar-refractivity contribution in [1.29, 1.82) is 0 Å². The van der Waals surface area contributed by atoms with E-state index in [1.165, 1.54) is 10.9 Å². The highest BCUT2D eigenvalue weighted by Crippen LogP contribution is 2.20. The normalized spacial score (nSPS) is 18.9. The summed E-state index contributed by atoms with van der Waals surface area (Å²) in [5.41, 5.74) is 1.27. The van der Waals surface area contributed by atoms with Crippen molar-refractivity contribution in [3.8, 4) is 5.88 Å². The van der Waals surface area contributed by atoms with Crippen LogP contribution in [0.3, 0.4) is 0 Å². The molecule has 76 valence electrons. The molecule has 0 spiro atoms. The Labute approximate surface area is 102 Å². The van der Waals surface area contributed by atoms with Crippen molar-refractivity contribution < 1.29 is 9.30 Å². The average molecular weight is 312 g/mol. The maximum atomic E-state index is 5.82. The number of halogens is 1. The van der Waals surface area contributed by atoms with Crippen molar-refractivity contribution in [2.45, 2.75) is 12.6 Å². The van der Waals surface area contributed by atoms with E-state index in [1.807, 2.05) is 0 Å². The minimum Gasteiger partial charge on any atom is -0.433 e. The summed E-state index contributed by atoms with van der Waals surface area (Å²) in [5, 5.41) is 1.28. The molecule has 3 rings (SSSR count). The molecule has 1 aromatic carbocycles. The number of para-hydroxylation sites is 1. The molecule has 2 aromatic rings. The highest BCUT2D eigenvalue weighted by atomic mass is 127. The Morgan fingerprint density at radius 2 is 2.13 bits per heavy atom. The van der Waals surface area contributed by atoms with Crippen molar-refractivity contribution in [2.24, 2.45) is 0 Å². The summed E-state index contributed by atoms with van der Waals surface area (Å²) in [7, 11) is 0. The summed E-state index contributed by atoms with van der Waals surface area (Å²) < 4.78 is 9.12. The third-order valence-electron chi connectivity index (χ3n) is 2.74. The predicted molar refractivity (Wildman–Crippen MR) is 67.4 cm³/mol. The van der Waals surface area contributed by atoms with Crippen LogP contribution in [0.25, 0.3) is 10.9 Å². The van der Waals surface area contributed by atoms with Crippen LogP contribution in [0.4, 0.5) is 0 Å². The molecule has 0 fully saturated rings. The summed E-state index contributed by atoms with van der Waals surface area (Å²) >= 11 is 2.37. The molecule has 0 N–H and O–H groups in total. The zero-order chi connectivity index (χ0) is 10.3. The van der Waals surface area contributed by atoms with Crippen LogP contribution in [0.2, 0.25) is 0 Å². The molecule has 15 heavy (non-hydrogen) atoms. The molecular weight excluding hydrogens is 301 g/mol. The molecule has 0 saturated heterocycles. The maximum Gasteiger partial charge on any atom is 0.368 e. The lowest BCUT2D eigenvalue weighted by Crippen LogP contribution is -2.33. The van der Waals surface area contributed by atoms with E-state index >= 15 is 0 Å². The summed E-state index contributed by atoms with van der Waals surface area (Å²) in [5.74, 6) is 0.996. The summed E-state index contributed by atoms with van der Waals surface area (Å²) in [4.78, 5) is 0. The van der Waals surface area contributed by atoms with E-state index in [-0.39, 0.29) is 0 Å². The Balaban J connectivity index is 2.20. The molecule has 0 bridgehead atoms. The van der Waals surface area contributed by atoms with E-state index in [9.17, 15) is 0 Å². The predicted octanol–water partition coefficient (Wildman–Crippen LogP) is 2.32. The molecule has 1 aliphatic heterocycles. The minimum atomic E-state index is 0.330. The Morgan fingerprint density at radius 1 is 1.27 bits per heavy atom. The molecule has 1 atom stereocenters. The smallest absolute Gasteiger partial charge is 0.368 e. The molecule has 1 aliphatic rings. The number of hydrogen-bond donors (Lipinski definition) is 0. The van der Waals surface area contributed by atoms with E-state index in [4.69, 9.17) is 4.74 Å². The zero-order valence-corrected chi connectivity index (χ0v) is 10.3. The molecular formula is C12H11INO+. The number of alkyl halides is 1. The second-order valence-electron chi connectivity index (χ2n) is 3.74. The van der Waals surface area contributed by atoms with Gasteiger partial charge in [-0.2, -0.15) is 4.57 Å². The molecule has 3 heteroatoms. The van der Waals surface area contributed by atoms with Gasteiger partial charge in [0.2, 0.25) is 5.52 Å². The van der Waals surface area contributed by atoms with Gasteiger partial charge in [-0.15, -0.1) is 0 Å². The number of benzene rings is 1. The average Bonchev–Trinajstić information content (AvgIpc) is 2.72. The van der Waals surface area contributed by atoms with Crippen LogP contribution >= 0.6 is 22.6 Å². The zero-order valence-electron chi connectivity index (χ0n) is 8.19. The first-order valence-corrected chi connectivity index (χ1v) is 6.55. The van der Waals surface area contributed by atoms with Crippen LogP contribution in [-0.2, 0) is 6.54 Å².